The van der Waals surface area contributed by atoms with E-state index < -0.39 is 29.4 Å². The summed E-state index contributed by atoms with van der Waals surface area (Å²) in [6, 6.07) is 0. The van der Waals surface area contributed by atoms with E-state index in [1.807, 2.05) is 0 Å². The van der Waals surface area contributed by atoms with Crippen molar-refractivity contribution in [2.75, 3.05) is 0 Å². The van der Waals surface area contributed by atoms with Crippen LogP contribution in [0, 0.1) is 52.3 Å². The van der Waals surface area contributed by atoms with Crippen LogP contribution in [0.4, 0.5) is 4.39 Å². The van der Waals surface area contributed by atoms with Crippen LogP contribution in [-0.4, -0.2) is 45.1 Å². The van der Waals surface area contributed by atoms with Gasteiger partial charge in [-0.15, -0.1) is 0 Å². The molecule has 4 aliphatic rings. The van der Waals surface area contributed by atoms with E-state index in [4.69, 9.17) is 0 Å². The van der Waals surface area contributed by atoms with Crippen molar-refractivity contribution in [1.82, 2.24) is 0 Å². The van der Waals surface area contributed by atoms with Gasteiger partial charge in [-0.05, 0) is 85.4 Å². The van der Waals surface area contributed by atoms with E-state index in [9.17, 15) is 24.5 Å². The number of carbonyl (C=O) groups excluding carboxylic acids is 1. The second kappa shape index (κ2) is 9.10. The van der Waals surface area contributed by atoms with E-state index in [1.54, 1.807) is 0 Å². The Labute approximate surface area is 206 Å². The average Bonchev–Trinajstić information content (AvgIpc) is 3.12. The van der Waals surface area contributed by atoms with Gasteiger partial charge in [0.15, 0.2) is 5.78 Å². The standard InChI is InChI=1S/C29H49FO4/c1-7-19(16(2)3)26(33)25(32)17(4)21-8-9-22-20-14-24(31)29(34)15-18(30)10-13-28(29,6)23(20)11-12-27(21,22)5/h16-23,25-26,32-34H,7-15H2,1-6H3/t17-,18-,19-,20?,21+,22?,23?,25-,26-,27+,28+,29-/m0/s1. The molecule has 0 saturated heterocycles. The molecule has 0 heterocycles. The second-order valence-electron chi connectivity index (χ2n) is 13.5. The van der Waals surface area contributed by atoms with Crippen LogP contribution in [0.25, 0.3) is 0 Å². The van der Waals surface area contributed by atoms with Gasteiger partial charge in [0.1, 0.15) is 11.8 Å². The first-order valence-electron chi connectivity index (χ1n) is 14.1. The summed E-state index contributed by atoms with van der Waals surface area (Å²) >= 11 is 0. The highest BCUT2D eigenvalue weighted by molar-refractivity contribution is 5.89. The summed E-state index contributed by atoms with van der Waals surface area (Å²) in [5.41, 5.74) is -2.04. The summed E-state index contributed by atoms with van der Waals surface area (Å²) in [5.74, 6) is 1.40. The number of Topliss-reactive ketones (excluding diaryl/α,β-unsaturated/α-hetero) is 1. The Morgan fingerprint density at radius 2 is 1.68 bits per heavy atom. The summed E-state index contributed by atoms with van der Waals surface area (Å²) in [7, 11) is 0. The first-order chi connectivity index (χ1) is 15.8. The Kier molecular flexibility index (Phi) is 7.10. The normalized spacial score (nSPS) is 48.0. The van der Waals surface area contributed by atoms with E-state index in [2.05, 4.69) is 41.5 Å². The lowest BCUT2D eigenvalue weighted by Gasteiger charge is -2.63. The number of halogens is 1. The van der Waals surface area contributed by atoms with E-state index in [-0.39, 0.29) is 41.3 Å². The van der Waals surface area contributed by atoms with Gasteiger partial charge in [0.2, 0.25) is 0 Å². The van der Waals surface area contributed by atoms with Gasteiger partial charge in [0.05, 0.1) is 12.2 Å². The average molecular weight is 481 g/mol. The number of alkyl halides is 1. The number of hydrogen-bond acceptors (Lipinski definition) is 4. The number of hydrogen-bond donors (Lipinski definition) is 3. The zero-order chi connectivity index (χ0) is 25.2. The minimum absolute atomic E-state index is 0.0110. The number of rotatable bonds is 6. The van der Waals surface area contributed by atoms with Gasteiger partial charge in [0, 0.05) is 18.3 Å². The van der Waals surface area contributed by atoms with Crippen molar-refractivity contribution in [2.45, 2.75) is 123 Å². The van der Waals surface area contributed by atoms with Gasteiger partial charge in [-0.1, -0.05) is 48.0 Å². The Hall–Kier alpha value is -0.520. The zero-order valence-electron chi connectivity index (χ0n) is 22.3. The van der Waals surface area contributed by atoms with Crippen molar-refractivity contribution < 1.29 is 24.5 Å². The van der Waals surface area contributed by atoms with E-state index >= 15 is 0 Å². The molecule has 0 aromatic carbocycles. The summed E-state index contributed by atoms with van der Waals surface area (Å²) in [4.78, 5) is 13.3. The molecule has 0 aliphatic heterocycles. The molecule has 4 rings (SSSR count). The largest absolute Gasteiger partial charge is 0.390 e. The highest BCUT2D eigenvalue weighted by Gasteiger charge is 2.68. The number of carbonyl (C=O) groups is 1. The monoisotopic (exact) mass is 480 g/mol. The van der Waals surface area contributed by atoms with Crippen LogP contribution in [0.3, 0.4) is 0 Å². The molecule has 4 saturated carbocycles. The smallest absolute Gasteiger partial charge is 0.165 e. The zero-order valence-corrected chi connectivity index (χ0v) is 22.3. The van der Waals surface area contributed by atoms with Crippen molar-refractivity contribution in [1.29, 1.82) is 0 Å². The lowest BCUT2D eigenvalue weighted by atomic mass is 9.42. The van der Waals surface area contributed by atoms with E-state index in [1.165, 1.54) is 0 Å². The van der Waals surface area contributed by atoms with E-state index in [0.717, 1.165) is 32.1 Å². The fourth-order valence-electron chi connectivity index (χ4n) is 9.80. The molecule has 0 radical (unpaired) electrons. The Morgan fingerprint density at radius 1 is 1.00 bits per heavy atom. The van der Waals surface area contributed by atoms with Crippen molar-refractivity contribution in [3.05, 3.63) is 0 Å². The fraction of sp³-hybridized carbons (Fsp3) is 0.966. The summed E-state index contributed by atoms with van der Waals surface area (Å²) < 4.78 is 14.3. The number of aliphatic hydroxyl groups excluding tert-OH is 2. The lowest BCUT2D eigenvalue weighted by molar-refractivity contribution is -0.210. The van der Waals surface area contributed by atoms with Crippen LogP contribution in [0.15, 0.2) is 0 Å². The maximum Gasteiger partial charge on any atom is 0.165 e. The molecule has 4 fully saturated rings. The SMILES string of the molecule is CC[C@@H](C(C)C)[C@H](O)[C@@H](O)[C@@H](C)[C@H]1CCC2C3CC(=O)[C@@]4(O)C[C@@H](F)CC[C@]4(C)C3CC[C@@]21C. The first kappa shape index (κ1) is 26.5. The topological polar surface area (TPSA) is 77.8 Å². The molecular weight excluding hydrogens is 431 g/mol. The van der Waals surface area contributed by atoms with Crippen molar-refractivity contribution >= 4 is 5.78 Å². The van der Waals surface area contributed by atoms with Crippen LogP contribution in [0.5, 0.6) is 0 Å². The van der Waals surface area contributed by atoms with Crippen molar-refractivity contribution in [3.8, 4) is 0 Å². The second-order valence-corrected chi connectivity index (χ2v) is 13.5. The third-order valence-electron chi connectivity index (χ3n) is 11.9. The third-order valence-corrected chi connectivity index (χ3v) is 11.9. The molecule has 12 atom stereocenters. The molecule has 196 valence electrons. The Balaban J connectivity index is 1.57. The molecule has 0 spiro atoms. The van der Waals surface area contributed by atoms with E-state index in [0.29, 0.717) is 37.0 Å². The molecule has 0 aromatic rings. The Bertz CT molecular complexity index is 771. The van der Waals surface area contributed by atoms with Gasteiger partial charge in [-0.3, -0.25) is 4.79 Å². The first-order valence-corrected chi connectivity index (χ1v) is 14.1. The maximum atomic E-state index is 14.3. The molecular formula is C29H49FO4. The van der Waals surface area contributed by atoms with Crippen LogP contribution in [-0.2, 0) is 4.79 Å². The molecule has 0 bridgehead atoms. The highest BCUT2D eigenvalue weighted by atomic mass is 19.1. The predicted octanol–water partition coefficient (Wildman–Crippen LogP) is 5.32. The summed E-state index contributed by atoms with van der Waals surface area (Å²) in [6.45, 7) is 12.8. The number of fused-ring (bicyclic) bond motifs is 5. The fourth-order valence-corrected chi connectivity index (χ4v) is 9.80. The minimum atomic E-state index is -1.52. The molecule has 4 nitrogen and oxygen atoms in total. The van der Waals surface area contributed by atoms with Crippen molar-refractivity contribution in [3.63, 3.8) is 0 Å². The number of aliphatic hydroxyl groups is 3. The van der Waals surface area contributed by atoms with Gasteiger partial charge >= 0.3 is 0 Å². The van der Waals surface area contributed by atoms with Gasteiger partial charge in [0.25, 0.3) is 0 Å². The molecule has 34 heavy (non-hydrogen) atoms. The molecule has 5 heteroatoms. The molecule has 4 aliphatic carbocycles. The maximum absolute atomic E-state index is 14.3. The molecule has 3 unspecified atom stereocenters. The number of ketones is 1. The van der Waals surface area contributed by atoms with Gasteiger partial charge in [-0.25, -0.2) is 4.39 Å². The minimum Gasteiger partial charge on any atom is -0.390 e. The van der Waals surface area contributed by atoms with Gasteiger partial charge in [-0.2, -0.15) is 0 Å². The van der Waals surface area contributed by atoms with Crippen LogP contribution in [0.1, 0.15) is 99.3 Å². The van der Waals surface area contributed by atoms with Crippen LogP contribution >= 0.6 is 0 Å². The van der Waals surface area contributed by atoms with Gasteiger partial charge < -0.3 is 15.3 Å². The molecule has 0 amide bonds. The summed E-state index contributed by atoms with van der Waals surface area (Å²) in [6.07, 6.45) is 3.64. The molecule has 3 N–H and O–H groups in total. The highest BCUT2D eigenvalue weighted by Crippen LogP contribution is 2.68. The predicted molar refractivity (Wildman–Crippen MR) is 132 cm³/mol. The quantitative estimate of drug-likeness (QED) is 0.481. The molecule has 0 aromatic heterocycles. The lowest BCUT2D eigenvalue weighted by Crippen LogP contribution is -2.67. The Morgan fingerprint density at radius 3 is 2.29 bits per heavy atom. The summed E-state index contributed by atoms with van der Waals surface area (Å²) in [5, 5.41) is 33.8. The van der Waals surface area contributed by atoms with Crippen LogP contribution < -0.4 is 0 Å². The third kappa shape index (κ3) is 3.74. The van der Waals surface area contributed by atoms with Crippen LogP contribution in [0.2, 0.25) is 0 Å². The van der Waals surface area contributed by atoms with Crippen molar-refractivity contribution in [2.24, 2.45) is 52.3 Å².